The third kappa shape index (κ3) is 4.35. The second-order valence-corrected chi connectivity index (χ2v) is 9.06. The van der Waals surface area contributed by atoms with Crippen LogP contribution in [0, 0.1) is 0 Å². The maximum absolute atomic E-state index is 12.7. The molecule has 1 aliphatic heterocycles. The van der Waals surface area contributed by atoms with Crippen LogP contribution in [0.2, 0.25) is 0 Å². The second-order valence-electron chi connectivity index (χ2n) is 8.12. The molecule has 0 aliphatic carbocycles. The number of carbonyl (C=O) groups is 1. The van der Waals surface area contributed by atoms with Gasteiger partial charge in [-0.25, -0.2) is 4.98 Å². The fourth-order valence-electron chi connectivity index (χ4n) is 2.93. The Hall–Kier alpha value is -2.41. The Labute approximate surface area is 170 Å². The first-order chi connectivity index (χ1) is 13.2. The smallest absolute Gasteiger partial charge is 0.267 e. The van der Waals surface area contributed by atoms with E-state index in [4.69, 9.17) is 9.57 Å². The molecule has 0 radical (unpaired) electrons. The van der Waals surface area contributed by atoms with Gasteiger partial charge in [0, 0.05) is 35.7 Å². The molecule has 0 saturated carbocycles. The van der Waals surface area contributed by atoms with Crippen molar-refractivity contribution < 1.29 is 14.4 Å². The van der Waals surface area contributed by atoms with Crippen molar-refractivity contribution in [3.8, 4) is 5.75 Å². The van der Waals surface area contributed by atoms with E-state index < -0.39 is 5.60 Å². The van der Waals surface area contributed by atoms with Crippen LogP contribution in [0.15, 0.2) is 34.8 Å². The predicted molar refractivity (Wildman–Crippen MR) is 111 cm³/mol. The molecule has 0 unspecified atom stereocenters. The largest absolute Gasteiger partial charge is 0.496 e. The Kier molecular flexibility index (Phi) is 5.74. The number of para-hydroxylation sites is 1. The van der Waals surface area contributed by atoms with Gasteiger partial charge in [-0.15, -0.1) is 11.3 Å². The van der Waals surface area contributed by atoms with Gasteiger partial charge in [0.05, 0.1) is 23.5 Å². The van der Waals surface area contributed by atoms with Gasteiger partial charge in [-0.05, 0) is 19.1 Å². The van der Waals surface area contributed by atoms with E-state index in [9.17, 15) is 4.79 Å². The number of nitrogens with one attached hydrogen (secondary N) is 1. The van der Waals surface area contributed by atoms with E-state index in [0.717, 1.165) is 16.3 Å². The van der Waals surface area contributed by atoms with Gasteiger partial charge >= 0.3 is 0 Å². The summed E-state index contributed by atoms with van der Waals surface area (Å²) < 4.78 is 5.38. The van der Waals surface area contributed by atoms with Gasteiger partial charge < -0.3 is 14.9 Å². The van der Waals surface area contributed by atoms with Crippen molar-refractivity contribution in [1.29, 1.82) is 0 Å². The summed E-state index contributed by atoms with van der Waals surface area (Å²) in [7, 11) is 1.62. The van der Waals surface area contributed by atoms with Gasteiger partial charge in [0.2, 0.25) is 5.60 Å². The zero-order valence-electron chi connectivity index (χ0n) is 17.0. The van der Waals surface area contributed by atoms with Crippen molar-refractivity contribution in [3.05, 3.63) is 45.9 Å². The molecule has 150 valence electrons. The molecule has 1 N–H and O–H groups in total. The molecule has 0 bridgehead atoms. The Morgan fingerprint density at radius 2 is 2.11 bits per heavy atom. The lowest BCUT2D eigenvalue weighted by Gasteiger charge is -2.20. The summed E-state index contributed by atoms with van der Waals surface area (Å²) in [5.74, 6) is 0.543. The first-order valence-corrected chi connectivity index (χ1v) is 10.2. The van der Waals surface area contributed by atoms with Gasteiger partial charge in [-0.2, -0.15) is 0 Å². The fraction of sp³-hybridized carbons (Fsp3) is 0.476. The Balaban J connectivity index is 1.56. The summed E-state index contributed by atoms with van der Waals surface area (Å²) in [5.41, 5.74) is 1.66. The molecular weight excluding hydrogens is 374 g/mol. The van der Waals surface area contributed by atoms with Crippen molar-refractivity contribution in [2.75, 3.05) is 13.7 Å². The number of amides is 1. The SMILES string of the molecule is COc1ccccc1C1=NO[C@@](C)(C(=O)NCCc2nc(C(C)(C)C)cs2)C1. The second kappa shape index (κ2) is 7.91. The number of thiazole rings is 1. The highest BCUT2D eigenvalue weighted by Gasteiger charge is 2.42. The first kappa shape index (κ1) is 20.3. The Bertz CT molecular complexity index is 885. The van der Waals surface area contributed by atoms with Crippen molar-refractivity contribution in [2.45, 2.75) is 51.6 Å². The fourth-order valence-corrected chi connectivity index (χ4v) is 3.95. The summed E-state index contributed by atoms with van der Waals surface area (Å²) in [6, 6.07) is 7.59. The lowest BCUT2D eigenvalue weighted by Crippen LogP contribution is -2.45. The van der Waals surface area contributed by atoms with Crippen LogP contribution in [0.5, 0.6) is 5.75 Å². The Morgan fingerprint density at radius 1 is 1.36 bits per heavy atom. The highest BCUT2D eigenvalue weighted by molar-refractivity contribution is 7.09. The quantitative estimate of drug-likeness (QED) is 0.801. The van der Waals surface area contributed by atoms with Crippen molar-refractivity contribution in [3.63, 3.8) is 0 Å². The van der Waals surface area contributed by atoms with Crippen LogP contribution >= 0.6 is 11.3 Å². The third-order valence-corrected chi connectivity index (χ3v) is 5.61. The highest BCUT2D eigenvalue weighted by Crippen LogP contribution is 2.30. The molecule has 1 aromatic heterocycles. The number of benzene rings is 1. The average Bonchev–Trinajstić information content (AvgIpc) is 3.29. The zero-order chi connectivity index (χ0) is 20.4. The van der Waals surface area contributed by atoms with Crippen LogP contribution in [-0.2, 0) is 21.5 Å². The number of ether oxygens (including phenoxy) is 1. The summed E-state index contributed by atoms with van der Waals surface area (Å²) >= 11 is 1.63. The number of hydrogen-bond acceptors (Lipinski definition) is 6. The maximum Gasteiger partial charge on any atom is 0.267 e. The van der Waals surface area contributed by atoms with Gasteiger partial charge in [0.25, 0.3) is 5.91 Å². The van der Waals surface area contributed by atoms with E-state index in [1.54, 1.807) is 25.4 Å². The number of nitrogens with zero attached hydrogens (tertiary/aromatic N) is 2. The van der Waals surface area contributed by atoms with E-state index in [2.05, 4.69) is 41.6 Å². The number of methoxy groups -OCH3 is 1. The molecule has 1 aromatic carbocycles. The summed E-state index contributed by atoms with van der Waals surface area (Å²) in [6.07, 6.45) is 1.09. The molecule has 0 spiro atoms. The van der Waals surface area contributed by atoms with E-state index in [1.807, 2.05) is 24.3 Å². The van der Waals surface area contributed by atoms with Crippen LogP contribution < -0.4 is 10.1 Å². The molecule has 6 nitrogen and oxygen atoms in total. The zero-order valence-corrected chi connectivity index (χ0v) is 17.9. The van der Waals surface area contributed by atoms with E-state index in [1.165, 1.54) is 0 Å². The first-order valence-electron chi connectivity index (χ1n) is 9.34. The number of rotatable bonds is 6. The molecule has 1 amide bonds. The highest BCUT2D eigenvalue weighted by atomic mass is 32.1. The Morgan fingerprint density at radius 3 is 2.79 bits per heavy atom. The predicted octanol–water partition coefficient (Wildman–Crippen LogP) is 3.69. The molecule has 1 atom stereocenters. The molecule has 1 aliphatic rings. The minimum absolute atomic E-state index is 0.0371. The topological polar surface area (TPSA) is 72.8 Å². The van der Waals surface area contributed by atoms with Crippen LogP contribution in [0.1, 0.15) is 50.4 Å². The monoisotopic (exact) mass is 401 g/mol. The standard InChI is InChI=1S/C21H27N3O3S/c1-20(2,3)17-13-28-18(23-17)10-11-22-19(25)21(4)12-15(24-27-21)14-8-6-7-9-16(14)26-5/h6-9,13H,10-12H2,1-5H3,(H,22,25)/t21-/m1/s1. The minimum atomic E-state index is -1.02. The summed E-state index contributed by atoms with van der Waals surface area (Å²) in [4.78, 5) is 22.9. The van der Waals surface area contributed by atoms with Gasteiger partial charge in [0.1, 0.15) is 5.75 Å². The summed E-state index contributed by atoms with van der Waals surface area (Å²) in [6.45, 7) is 8.70. The van der Waals surface area contributed by atoms with E-state index >= 15 is 0 Å². The normalized spacial score (nSPS) is 19.1. The maximum atomic E-state index is 12.7. The van der Waals surface area contributed by atoms with Crippen molar-refractivity contribution in [2.24, 2.45) is 5.16 Å². The van der Waals surface area contributed by atoms with Crippen LogP contribution in [0.3, 0.4) is 0 Å². The van der Waals surface area contributed by atoms with Gasteiger partial charge in [-0.3, -0.25) is 4.79 Å². The molecule has 7 heteroatoms. The lowest BCUT2D eigenvalue weighted by molar-refractivity contribution is -0.141. The van der Waals surface area contributed by atoms with Gasteiger partial charge in [0.15, 0.2) is 0 Å². The van der Waals surface area contributed by atoms with Crippen LogP contribution in [0.4, 0.5) is 0 Å². The van der Waals surface area contributed by atoms with E-state index in [-0.39, 0.29) is 11.3 Å². The number of carbonyl (C=O) groups excluding carboxylic acids is 1. The van der Waals surface area contributed by atoms with Gasteiger partial charge in [-0.1, -0.05) is 38.1 Å². The molecule has 0 saturated heterocycles. The molecule has 2 aromatic rings. The molecule has 2 heterocycles. The third-order valence-electron chi connectivity index (χ3n) is 4.70. The van der Waals surface area contributed by atoms with E-state index in [0.29, 0.717) is 30.8 Å². The number of oxime groups is 1. The number of aromatic nitrogens is 1. The van der Waals surface area contributed by atoms with Crippen molar-refractivity contribution in [1.82, 2.24) is 10.3 Å². The van der Waals surface area contributed by atoms with Crippen LogP contribution in [-0.4, -0.2) is 35.9 Å². The molecule has 3 rings (SSSR count). The van der Waals surface area contributed by atoms with Crippen LogP contribution in [0.25, 0.3) is 0 Å². The van der Waals surface area contributed by atoms with Crippen molar-refractivity contribution >= 4 is 23.0 Å². The molecular formula is C21H27N3O3S. The molecule has 28 heavy (non-hydrogen) atoms. The lowest BCUT2D eigenvalue weighted by atomic mass is 9.93. The minimum Gasteiger partial charge on any atom is -0.496 e. The number of hydrogen-bond donors (Lipinski definition) is 1. The average molecular weight is 402 g/mol. The summed E-state index contributed by atoms with van der Waals surface area (Å²) in [5, 5.41) is 10.2. The molecule has 0 fully saturated rings.